The summed E-state index contributed by atoms with van der Waals surface area (Å²) >= 11 is 0. The molecule has 0 aliphatic carbocycles. The van der Waals surface area contributed by atoms with E-state index >= 15 is 0 Å². The van der Waals surface area contributed by atoms with Crippen LogP contribution in [0.4, 0.5) is 4.39 Å². The topological polar surface area (TPSA) is 47.6 Å². The van der Waals surface area contributed by atoms with E-state index < -0.39 is 0 Å². The highest BCUT2D eigenvalue weighted by molar-refractivity contribution is 6.10. The van der Waals surface area contributed by atoms with Gasteiger partial charge in [0, 0.05) is 11.1 Å². The van der Waals surface area contributed by atoms with Gasteiger partial charge in [0.1, 0.15) is 5.82 Å². The lowest BCUT2D eigenvalue weighted by Gasteiger charge is -2.04. The van der Waals surface area contributed by atoms with Crippen molar-refractivity contribution < 1.29 is 4.39 Å². The first-order chi connectivity index (χ1) is 8.20. The summed E-state index contributed by atoms with van der Waals surface area (Å²) in [5.41, 5.74) is 2.22. The Hall–Kier alpha value is -2.47. The maximum atomic E-state index is 12.7. The fourth-order valence-electron chi connectivity index (χ4n) is 1.49. The Kier molecular flexibility index (Phi) is 2.97. The van der Waals surface area contributed by atoms with Gasteiger partial charge in [-0.1, -0.05) is 12.1 Å². The Labute approximate surface area is 98.5 Å². The second kappa shape index (κ2) is 4.58. The molecule has 17 heavy (non-hydrogen) atoms. The number of hydrogen-bond donors (Lipinski definition) is 1. The highest BCUT2D eigenvalue weighted by Crippen LogP contribution is 2.11. The molecule has 2 nitrogen and oxygen atoms in total. The number of nitrogens with one attached hydrogen (secondary N) is 1. The lowest BCUT2D eigenvalue weighted by atomic mass is 10.0. The number of nitrogens with zero attached hydrogens (tertiary/aromatic N) is 1. The van der Waals surface area contributed by atoms with E-state index in [1.54, 1.807) is 36.4 Å². The quantitative estimate of drug-likeness (QED) is 0.783. The summed E-state index contributed by atoms with van der Waals surface area (Å²) in [6, 6.07) is 14.6. The van der Waals surface area contributed by atoms with Crippen molar-refractivity contribution in [2.75, 3.05) is 0 Å². The predicted molar refractivity (Wildman–Crippen MR) is 63.5 cm³/mol. The van der Waals surface area contributed by atoms with Crippen LogP contribution >= 0.6 is 0 Å². The van der Waals surface area contributed by atoms with Gasteiger partial charge in [0.25, 0.3) is 0 Å². The maximum absolute atomic E-state index is 12.7. The standard InChI is InChI=1S/C14H9FN2/c15-13-7-5-12(6-8-13)14(17)11-3-1-10(9-16)2-4-11/h1-8,17H. The maximum Gasteiger partial charge on any atom is 0.123 e. The van der Waals surface area contributed by atoms with E-state index in [0.717, 1.165) is 0 Å². The van der Waals surface area contributed by atoms with Crippen LogP contribution in [0.1, 0.15) is 16.7 Å². The zero-order chi connectivity index (χ0) is 12.3. The fourth-order valence-corrected chi connectivity index (χ4v) is 1.49. The summed E-state index contributed by atoms with van der Waals surface area (Å²) in [7, 11) is 0. The van der Waals surface area contributed by atoms with E-state index in [1.807, 2.05) is 6.07 Å². The van der Waals surface area contributed by atoms with Crippen LogP contribution in [0.5, 0.6) is 0 Å². The van der Waals surface area contributed by atoms with Crippen LogP contribution in [0.2, 0.25) is 0 Å². The molecular formula is C14H9FN2. The molecular weight excluding hydrogens is 215 g/mol. The molecule has 82 valence electrons. The number of hydrogen-bond acceptors (Lipinski definition) is 2. The van der Waals surface area contributed by atoms with Gasteiger partial charge in [-0.3, -0.25) is 5.41 Å². The normalized spacial score (nSPS) is 9.65. The predicted octanol–water partition coefficient (Wildman–Crippen LogP) is 3.11. The molecule has 0 saturated carbocycles. The zero-order valence-corrected chi connectivity index (χ0v) is 8.94. The molecule has 0 aliphatic rings. The van der Waals surface area contributed by atoms with E-state index in [9.17, 15) is 4.39 Å². The first-order valence-electron chi connectivity index (χ1n) is 5.06. The summed E-state index contributed by atoms with van der Waals surface area (Å²) in [6.45, 7) is 0. The Morgan fingerprint density at radius 2 is 1.41 bits per heavy atom. The highest BCUT2D eigenvalue weighted by atomic mass is 19.1. The van der Waals surface area contributed by atoms with Crippen LogP contribution in [0.3, 0.4) is 0 Å². The number of rotatable bonds is 2. The molecule has 0 aliphatic heterocycles. The molecule has 0 fully saturated rings. The van der Waals surface area contributed by atoms with Crippen molar-refractivity contribution in [3.05, 3.63) is 71.0 Å². The molecule has 0 unspecified atom stereocenters. The molecule has 1 N–H and O–H groups in total. The molecule has 0 radical (unpaired) electrons. The van der Waals surface area contributed by atoms with Gasteiger partial charge in [0.2, 0.25) is 0 Å². The van der Waals surface area contributed by atoms with E-state index in [0.29, 0.717) is 22.4 Å². The Bertz CT molecular complexity index is 577. The average molecular weight is 224 g/mol. The first-order valence-corrected chi connectivity index (χ1v) is 5.06. The Balaban J connectivity index is 2.31. The van der Waals surface area contributed by atoms with Crippen LogP contribution < -0.4 is 0 Å². The van der Waals surface area contributed by atoms with Crippen molar-refractivity contribution >= 4 is 5.71 Å². The first kappa shape index (κ1) is 11.0. The second-order valence-corrected chi connectivity index (χ2v) is 3.57. The molecule has 3 heteroatoms. The molecule has 2 aromatic carbocycles. The number of benzene rings is 2. The van der Waals surface area contributed by atoms with Gasteiger partial charge in [-0.25, -0.2) is 4.39 Å². The summed E-state index contributed by atoms with van der Waals surface area (Å²) < 4.78 is 12.7. The molecule has 0 atom stereocenters. The Morgan fingerprint density at radius 1 is 0.941 bits per heavy atom. The lowest BCUT2D eigenvalue weighted by molar-refractivity contribution is 0.628. The minimum absolute atomic E-state index is 0.314. The summed E-state index contributed by atoms with van der Waals surface area (Å²) in [5, 5.41) is 16.6. The SMILES string of the molecule is N#Cc1ccc(C(=N)c2ccc(F)cc2)cc1. The molecule has 0 amide bonds. The van der Waals surface area contributed by atoms with Gasteiger partial charge in [-0.05, 0) is 36.4 Å². The van der Waals surface area contributed by atoms with Gasteiger partial charge in [0.05, 0.1) is 17.3 Å². The summed E-state index contributed by atoms with van der Waals surface area (Å²) in [5.74, 6) is -0.318. The van der Waals surface area contributed by atoms with E-state index in [4.69, 9.17) is 10.7 Å². The van der Waals surface area contributed by atoms with Crippen molar-refractivity contribution in [3.8, 4) is 6.07 Å². The highest BCUT2D eigenvalue weighted by Gasteiger charge is 2.04. The fraction of sp³-hybridized carbons (Fsp3) is 0. The molecule has 0 aromatic heterocycles. The lowest BCUT2D eigenvalue weighted by Crippen LogP contribution is -2.01. The van der Waals surface area contributed by atoms with Crippen LogP contribution in [0, 0.1) is 22.6 Å². The van der Waals surface area contributed by atoms with Crippen molar-refractivity contribution in [2.45, 2.75) is 0 Å². The number of nitriles is 1. The largest absolute Gasteiger partial charge is 0.300 e. The van der Waals surface area contributed by atoms with Crippen LogP contribution in [-0.2, 0) is 0 Å². The van der Waals surface area contributed by atoms with Gasteiger partial charge < -0.3 is 0 Å². The molecule has 0 heterocycles. The number of halogens is 1. The monoisotopic (exact) mass is 224 g/mol. The Morgan fingerprint density at radius 3 is 1.88 bits per heavy atom. The molecule has 0 saturated heterocycles. The van der Waals surface area contributed by atoms with Crippen LogP contribution in [-0.4, -0.2) is 5.71 Å². The summed E-state index contributed by atoms with van der Waals surface area (Å²) in [6.07, 6.45) is 0. The third-order valence-corrected chi connectivity index (χ3v) is 2.44. The van der Waals surface area contributed by atoms with Crippen molar-refractivity contribution in [1.82, 2.24) is 0 Å². The van der Waals surface area contributed by atoms with Crippen molar-refractivity contribution in [2.24, 2.45) is 0 Å². The third kappa shape index (κ3) is 2.37. The van der Waals surface area contributed by atoms with Gasteiger partial charge >= 0.3 is 0 Å². The van der Waals surface area contributed by atoms with Gasteiger partial charge in [-0.15, -0.1) is 0 Å². The van der Waals surface area contributed by atoms with Gasteiger partial charge in [-0.2, -0.15) is 5.26 Å². The van der Waals surface area contributed by atoms with E-state index in [2.05, 4.69) is 0 Å². The second-order valence-electron chi connectivity index (χ2n) is 3.57. The molecule has 0 bridgehead atoms. The average Bonchev–Trinajstić information content (AvgIpc) is 2.39. The van der Waals surface area contributed by atoms with Crippen LogP contribution in [0.15, 0.2) is 48.5 Å². The van der Waals surface area contributed by atoms with Gasteiger partial charge in [0.15, 0.2) is 0 Å². The third-order valence-electron chi connectivity index (χ3n) is 2.44. The van der Waals surface area contributed by atoms with Crippen LogP contribution in [0.25, 0.3) is 0 Å². The molecule has 0 spiro atoms. The van der Waals surface area contributed by atoms with Crippen molar-refractivity contribution in [1.29, 1.82) is 10.7 Å². The minimum atomic E-state index is -0.318. The van der Waals surface area contributed by atoms with E-state index in [-0.39, 0.29) is 5.82 Å². The molecule has 2 aromatic rings. The molecule has 2 rings (SSSR count). The zero-order valence-electron chi connectivity index (χ0n) is 8.94. The smallest absolute Gasteiger partial charge is 0.123 e. The minimum Gasteiger partial charge on any atom is -0.300 e. The van der Waals surface area contributed by atoms with E-state index in [1.165, 1.54) is 12.1 Å². The summed E-state index contributed by atoms with van der Waals surface area (Å²) in [4.78, 5) is 0. The van der Waals surface area contributed by atoms with Crippen molar-refractivity contribution in [3.63, 3.8) is 0 Å².